The molecule has 0 amide bonds. The first-order valence-corrected chi connectivity index (χ1v) is 7.89. The van der Waals surface area contributed by atoms with Gasteiger partial charge in [-0.3, -0.25) is 4.79 Å². The Kier molecular flexibility index (Phi) is 5.68. The van der Waals surface area contributed by atoms with E-state index in [1.54, 1.807) is 19.1 Å². The lowest BCUT2D eigenvalue weighted by Crippen LogP contribution is -2.23. The zero-order valence-electron chi connectivity index (χ0n) is 12.8. The minimum Gasteiger partial charge on any atom is -0.462 e. The van der Waals surface area contributed by atoms with Gasteiger partial charge < -0.3 is 4.74 Å². The summed E-state index contributed by atoms with van der Waals surface area (Å²) in [6, 6.07) is 14.3. The molecule has 2 aromatic rings. The number of hydrogen-bond acceptors (Lipinski definition) is 2. The van der Waals surface area contributed by atoms with Crippen molar-refractivity contribution in [2.24, 2.45) is 0 Å². The van der Waals surface area contributed by atoms with E-state index in [9.17, 15) is 9.18 Å². The monoisotopic (exact) mass is 318 g/mol. The van der Waals surface area contributed by atoms with Crippen LogP contribution in [0.15, 0.2) is 48.5 Å². The highest BCUT2D eigenvalue weighted by Gasteiger charge is 2.24. The van der Waals surface area contributed by atoms with E-state index in [4.69, 9.17) is 4.74 Å². The van der Waals surface area contributed by atoms with Crippen LogP contribution in [0.1, 0.15) is 37.3 Å². The summed E-state index contributed by atoms with van der Waals surface area (Å²) >= 11 is 0. The predicted molar refractivity (Wildman–Crippen MR) is 89.9 cm³/mol. The summed E-state index contributed by atoms with van der Waals surface area (Å²) in [6.45, 7) is 3.64. The second-order valence-electron chi connectivity index (χ2n) is 5.24. The predicted octanol–water partition coefficient (Wildman–Crippen LogP) is 3.80. The Morgan fingerprint density at radius 3 is 2.09 bits per heavy atom. The molecule has 22 heavy (non-hydrogen) atoms. The Hall–Kier alpha value is -1.73. The molecule has 0 aliphatic heterocycles. The number of carbonyl (C=O) groups is 1. The second-order valence-corrected chi connectivity index (χ2v) is 5.91. The molecule has 0 saturated carbocycles. The van der Waals surface area contributed by atoms with Gasteiger partial charge in [0, 0.05) is 12.3 Å². The van der Waals surface area contributed by atoms with E-state index in [2.05, 4.69) is 9.24 Å². The van der Waals surface area contributed by atoms with Crippen LogP contribution in [0.3, 0.4) is 0 Å². The third kappa shape index (κ3) is 4.14. The number of benzene rings is 2. The normalized spacial score (nSPS) is 13.5. The molecule has 0 spiro atoms. The molecular weight excluding hydrogens is 298 g/mol. The lowest BCUT2D eigenvalue weighted by atomic mass is 9.87. The molecule has 0 radical (unpaired) electrons. The fraction of sp³-hybridized carbons (Fsp3) is 0.278. The Morgan fingerprint density at radius 1 is 1.09 bits per heavy atom. The summed E-state index contributed by atoms with van der Waals surface area (Å²) in [5, 5.41) is 1.08. The molecular formula is C18H20FO2P. The van der Waals surface area contributed by atoms with Crippen molar-refractivity contribution in [3.8, 4) is 0 Å². The zero-order valence-corrected chi connectivity index (χ0v) is 13.9. The van der Waals surface area contributed by atoms with Gasteiger partial charge in [0.25, 0.3) is 0 Å². The first kappa shape index (κ1) is 16.6. The van der Waals surface area contributed by atoms with E-state index in [0.29, 0.717) is 6.42 Å². The van der Waals surface area contributed by atoms with Gasteiger partial charge in [-0.1, -0.05) is 43.3 Å². The van der Waals surface area contributed by atoms with Crippen molar-refractivity contribution in [1.82, 2.24) is 0 Å². The molecule has 2 nitrogen and oxygen atoms in total. The molecule has 0 aliphatic carbocycles. The van der Waals surface area contributed by atoms with Gasteiger partial charge in [-0.2, -0.15) is 0 Å². The Balaban J connectivity index is 2.37. The van der Waals surface area contributed by atoms with Crippen molar-refractivity contribution >= 4 is 20.5 Å². The van der Waals surface area contributed by atoms with Crippen LogP contribution >= 0.6 is 9.24 Å². The number of ether oxygens (including phenoxy) is 1. The van der Waals surface area contributed by atoms with Crippen LogP contribution in [-0.4, -0.2) is 12.1 Å². The average Bonchev–Trinajstić information content (AvgIpc) is 2.51. The summed E-state index contributed by atoms with van der Waals surface area (Å²) in [5.74, 6) is -0.634. The summed E-state index contributed by atoms with van der Waals surface area (Å²) in [7, 11) is 2.64. The fourth-order valence-electron chi connectivity index (χ4n) is 2.47. The van der Waals surface area contributed by atoms with Crippen LogP contribution in [-0.2, 0) is 9.53 Å². The van der Waals surface area contributed by atoms with Crippen LogP contribution in [0, 0.1) is 5.82 Å². The molecule has 2 unspecified atom stereocenters. The lowest BCUT2D eigenvalue weighted by molar-refractivity contribution is -0.148. The highest BCUT2D eigenvalue weighted by molar-refractivity contribution is 7.27. The van der Waals surface area contributed by atoms with E-state index in [1.807, 2.05) is 31.2 Å². The van der Waals surface area contributed by atoms with Gasteiger partial charge in [-0.15, -0.1) is 9.24 Å². The van der Waals surface area contributed by atoms with Crippen molar-refractivity contribution in [3.05, 3.63) is 65.5 Å². The number of esters is 1. The molecule has 0 aromatic heterocycles. The van der Waals surface area contributed by atoms with Crippen molar-refractivity contribution < 1.29 is 13.9 Å². The van der Waals surface area contributed by atoms with Gasteiger partial charge in [-0.05, 0) is 35.5 Å². The fourth-order valence-corrected chi connectivity index (χ4v) is 2.66. The number of hydrogen-bond donors (Lipinski definition) is 0. The number of halogens is 1. The highest BCUT2D eigenvalue weighted by Crippen LogP contribution is 2.30. The molecule has 116 valence electrons. The van der Waals surface area contributed by atoms with Crippen LogP contribution in [0.4, 0.5) is 4.39 Å². The van der Waals surface area contributed by atoms with Crippen molar-refractivity contribution in [2.75, 3.05) is 0 Å². The van der Waals surface area contributed by atoms with Gasteiger partial charge >= 0.3 is 5.97 Å². The number of rotatable bonds is 5. The van der Waals surface area contributed by atoms with Gasteiger partial charge in [0.15, 0.2) is 0 Å². The van der Waals surface area contributed by atoms with Gasteiger partial charge in [0.2, 0.25) is 0 Å². The van der Waals surface area contributed by atoms with Gasteiger partial charge in [0.1, 0.15) is 11.9 Å². The molecule has 3 atom stereocenters. The molecule has 0 fully saturated rings. The van der Waals surface area contributed by atoms with E-state index < -0.39 is 0 Å². The number of carbonyl (C=O) groups excluding carboxylic acids is 1. The minimum absolute atomic E-state index is 0.123. The first-order valence-electron chi connectivity index (χ1n) is 7.31. The lowest BCUT2D eigenvalue weighted by Gasteiger charge is -2.25. The maximum Gasteiger partial charge on any atom is 0.305 e. The molecule has 2 aromatic carbocycles. The topological polar surface area (TPSA) is 26.3 Å². The third-order valence-electron chi connectivity index (χ3n) is 3.60. The summed E-state index contributed by atoms with van der Waals surface area (Å²) < 4.78 is 18.7. The average molecular weight is 318 g/mol. The molecule has 0 bridgehead atoms. The summed E-state index contributed by atoms with van der Waals surface area (Å²) in [4.78, 5) is 11.6. The molecule has 0 N–H and O–H groups in total. The van der Waals surface area contributed by atoms with E-state index in [1.165, 1.54) is 12.1 Å². The van der Waals surface area contributed by atoms with Gasteiger partial charge in [0.05, 0.1) is 0 Å². The summed E-state index contributed by atoms with van der Waals surface area (Å²) in [6.07, 6.45) is 0.0126. The summed E-state index contributed by atoms with van der Waals surface area (Å²) in [5.41, 5.74) is 1.96. The zero-order chi connectivity index (χ0) is 16.1. The van der Waals surface area contributed by atoms with Crippen molar-refractivity contribution in [2.45, 2.75) is 32.3 Å². The third-order valence-corrected chi connectivity index (χ3v) is 3.99. The van der Waals surface area contributed by atoms with Crippen molar-refractivity contribution in [1.29, 1.82) is 0 Å². The molecule has 4 heteroatoms. The molecule has 0 saturated heterocycles. The SMILES string of the molecule is CCC(=O)O[C@@H](C)C(c1ccc(F)cc1)c1ccc(P)cc1. The maximum atomic E-state index is 13.2. The smallest absolute Gasteiger partial charge is 0.305 e. The standard InChI is InChI=1S/C18H20FO2P/c1-3-17(20)21-12(2)18(13-4-8-15(19)9-5-13)14-6-10-16(22)11-7-14/h4-12,18H,3,22H2,1-2H3/t12-,18?/m0/s1. The van der Waals surface area contributed by atoms with E-state index in [0.717, 1.165) is 16.4 Å². The van der Waals surface area contributed by atoms with Crippen molar-refractivity contribution in [3.63, 3.8) is 0 Å². The van der Waals surface area contributed by atoms with Crippen LogP contribution in [0.25, 0.3) is 0 Å². The Bertz CT molecular complexity index is 577. The largest absolute Gasteiger partial charge is 0.462 e. The van der Waals surface area contributed by atoms with Gasteiger partial charge in [-0.25, -0.2) is 4.39 Å². The van der Waals surface area contributed by atoms with E-state index in [-0.39, 0.29) is 23.8 Å². The maximum absolute atomic E-state index is 13.2. The van der Waals surface area contributed by atoms with Crippen LogP contribution < -0.4 is 5.30 Å². The van der Waals surface area contributed by atoms with Crippen LogP contribution in [0.2, 0.25) is 0 Å². The Labute approximate surface area is 132 Å². The molecule has 2 rings (SSSR count). The highest BCUT2D eigenvalue weighted by atomic mass is 31.0. The molecule has 0 aliphatic rings. The molecule has 0 heterocycles. The van der Waals surface area contributed by atoms with Crippen LogP contribution in [0.5, 0.6) is 0 Å². The quantitative estimate of drug-likeness (QED) is 0.619. The first-order chi connectivity index (χ1) is 10.5. The second kappa shape index (κ2) is 7.51. The Morgan fingerprint density at radius 2 is 1.59 bits per heavy atom. The van der Waals surface area contributed by atoms with E-state index >= 15 is 0 Å². The minimum atomic E-state index is -0.326.